The minimum atomic E-state index is -4.23. The van der Waals surface area contributed by atoms with Crippen molar-refractivity contribution >= 4 is 16.0 Å². The molecule has 0 aliphatic rings. The second-order valence-corrected chi connectivity index (χ2v) is 6.43. The second kappa shape index (κ2) is 7.52. The van der Waals surface area contributed by atoms with Crippen LogP contribution in [-0.2, 0) is 19.6 Å². The Morgan fingerprint density at radius 3 is 2.59 bits per heavy atom. The highest BCUT2D eigenvalue weighted by atomic mass is 32.2. The van der Waals surface area contributed by atoms with E-state index < -0.39 is 32.7 Å². The van der Waals surface area contributed by atoms with Gasteiger partial charge in [0.15, 0.2) is 0 Å². The summed E-state index contributed by atoms with van der Waals surface area (Å²) in [4.78, 5) is 10.5. The van der Waals surface area contributed by atoms with Crippen LogP contribution in [0.1, 0.15) is 6.92 Å². The number of methoxy groups -OCH3 is 1. The lowest BCUT2D eigenvalue weighted by molar-refractivity contribution is -0.140. The topological polar surface area (TPSA) is 93.1 Å². The number of sulfonamides is 1. The molecule has 0 heterocycles. The monoisotopic (exact) mass is 335 g/mol. The van der Waals surface area contributed by atoms with E-state index >= 15 is 0 Å². The predicted molar refractivity (Wildman–Crippen MR) is 75.8 cm³/mol. The molecule has 0 aliphatic heterocycles. The smallest absolute Gasteiger partial charge is 0.321 e. The van der Waals surface area contributed by atoms with Gasteiger partial charge in [-0.25, -0.2) is 12.8 Å². The normalized spacial score (nSPS) is 13.1. The lowest BCUT2D eigenvalue weighted by Crippen LogP contribution is -2.40. The summed E-state index contributed by atoms with van der Waals surface area (Å²) in [5, 5.41) is 8.93. The Morgan fingerprint density at radius 2 is 2.05 bits per heavy atom. The van der Waals surface area contributed by atoms with Crippen molar-refractivity contribution < 1.29 is 32.2 Å². The van der Waals surface area contributed by atoms with E-state index in [1.165, 1.54) is 20.1 Å². The molecule has 1 rings (SSSR count). The van der Waals surface area contributed by atoms with Gasteiger partial charge in [-0.1, -0.05) is 0 Å². The summed E-state index contributed by atoms with van der Waals surface area (Å²) in [7, 11) is -1.67. The molecular formula is C13H18FNO6S. The van der Waals surface area contributed by atoms with Gasteiger partial charge in [-0.3, -0.25) is 4.79 Å². The van der Waals surface area contributed by atoms with Crippen molar-refractivity contribution in [1.29, 1.82) is 0 Å². The van der Waals surface area contributed by atoms with Crippen LogP contribution < -0.4 is 4.74 Å². The Hall–Kier alpha value is -1.71. The van der Waals surface area contributed by atoms with Gasteiger partial charge < -0.3 is 14.6 Å². The first-order valence-corrected chi connectivity index (χ1v) is 7.78. The van der Waals surface area contributed by atoms with Gasteiger partial charge >= 0.3 is 5.97 Å². The van der Waals surface area contributed by atoms with Crippen LogP contribution >= 0.6 is 0 Å². The molecular weight excluding hydrogens is 317 g/mol. The van der Waals surface area contributed by atoms with Crippen LogP contribution in [-0.4, -0.2) is 57.2 Å². The third-order valence-corrected chi connectivity index (χ3v) is 4.96. The van der Waals surface area contributed by atoms with Gasteiger partial charge in [0, 0.05) is 14.2 Å². The number of hydrogen-bond acceptors (Lipinski definition) is 5. The highest BCUT2D eigenvalue weighted by Crippen LogP contribution is 2.28. The third kappa shape index (κ3) is 4.15. The SMILES string of the molecule is COCCOc1ccc(F)cc1S(=O)(=O)N(C)C(C)C(=O)O. The first-order valence-electron chi connectivity index (χ1n) is 6.34. The van der Waals surface area contributed by atoms with Gasteiger partial charge in [-0.15, -0.1) is 0 Å². The zero-order valence-corrected chi connectivity index (χ0v) is 13.3. The number of halogens is 1. The Balaban J connectivity index is 3.22. The van der Waals surface area contributed by atoms with Gasteiger partial charge in [-0.05, 0) is 25.1 Å². The molecule has 0 bridgehead atoms. The first kappa shape index (κ1) is 18.3. The number of ether oxygens (including phenoxy) is 2. The maximum absolute atomic E-state index is 13.4. The molecule has 0 spiro atoms. The molecule has 22 heavy (non-hydrogen) atoms. The summed E-state index contributed by atoms with van der Waals surface area (Å²) >= 11 is 0. The molecule has 7 nitrogen and oxygen atoms in total. The number of nitrogens with zero attached hydrogens (tertiary/aromatic N) is 1. The molecule has 0 saturated carbocycles. The molecule has 9 heteroatoms. The molecule has 1 atom stereocenters. The average molecular weight is 335 g/mol. The minimum Gasteiger partial charge on any atom is -0.490 e. The lowest BCUT2D eigenvalue weighted by atomic mass is 10.3. The Bertz CT molecular complexity index is 633. The fraction of sp³-hybridized carbons (Fsp3) is 0.462. The predicted octanol–water partition coefficient (Wildman–Crippen LogP) is 0.945. The minimum absolute atomic E-state index is 0.0668. The number of rotatable bonds is 8. The maximum Gasteiger partial charge on any atom is 0.321 e. The summed E-state index contributed by atoms with van der Waals surface area (Å²) < 4.78 is 49.1. The molecule has 0 fully saturated rings. The van der Waals surface area contributed by atoms with Crippen LogP contribution in [0.15, 0.2) is 23.1 Å². The maximum atomic E-state index is 13.4. The third-order valence-electron chi connectivity index (χ3n) is 3.01. The summed E-state index contributed by atoms with van der Waals surface area (Å²) in [6.45, 7) is 1.51. The van der Waals surface area contributed by atoms with Crippen molar-refractivity contribution in [1.82, 2.24) is 4.31 Å². The van der Waals surface area contributed by atoms with Gasteiger partial charge in [0.2, 0.25) is 10.0 Å². The Labute approximate surface area is 128 Å². The van der Waals surface area contributed by atoms with E-state index in [0.29, 0.717) is 4.31 Å². The van der Waals surface area contributed by atoms with Gasteiger partial charge in [0.05, 0.1) is 6.61 Å². The van der Waals surface area contributed by atoms with Crippen LogP contribution in [0.4, 0.5) is 4.39 Å². The van der Waals surface area contributed by atoms with E-state index in [4.69, 9.17) is 14.6 Å². The fourth-order valence-corrected chi connectivity index (χ4v) is 3.02. The van der Waals surface area contributed by atoms with Gasteiger partial charge in [0.1, 0.15) is 29.1 Å². The fourth-order valence-electron chi connectivity index (χ4n) is 1.56. The number of likely N-dealkylation sites (N-methyl/N-ethyl adjacent to an activating group) is 1. The van der Waals surface area contributed by atoms with Crippen molar-refractivity contribution in [2.45, 2.75) is 17.9 Å². The molecule has 0 saturated heterocycles. The van der Waals surface area contributed by atoms with Crippen molar-refractivity contribution in [3.8, 4) is 5.75 Å². The number of carbonyl (C=O) groups is 1. The molecule has 124 valence electrons. The zero-order valence-electron chi connectivity index (χ0n) is 12.4. The number of carboxylic acids is 1. The standard InChI is InChI=1S/C13H18FNO6S/c1-9(13(16)17)15(2)22(18,19)12-8-10(14)4-5-11(12)21-7-6-20-3/h4-5,8-9H,6-7H2,1-3H3,(H,16,17). The lowest BCUT2D eigenvalue weighted by Gasteiger charge is -2.22. The highest BCUT2D eigenvalue weighted by molar-refractivity contribution is 7.89. The highest BCUT2D eigenvalue weighted by Gasteiger charge is 2.32. The van der Waals surface area contributed by atoms with E-state index in [1.807, 2.05) is 0 Å². The zero-order chi connectivity index (χ0) is 16.9. The summed E-state index contributed by atoms with van der Waals surface area (Å²) in [6, 6.07) is 1.72. The first-order chi connectivity index (χ1) is 10.2. The summed E-state index contributed by atoms with van der Waals surface area (Å²) in [5.74, 6) is -2.15. The van der Waals surface area contributed by atoms with E-state index in [1.54, 1.807) is 0 Å². The molecule has 0 radical (unpaired) electrons. The molecule has 1 unspecified atom stereocenters. The van der Waals surface area contributed by atoms with Crippen LogP contribution in [0.2, 0.25) is 0 Å². The Morgan fingerprint density at radius 1 is 1.41 bits per heavy atom. The molecule has 0 amide bonds. The van der Waals surface area contributed by atoms with Crippen molar-refractivity contribution in [3.05, 3.63) is 24.0 Å². The summed E-state index contributed by atoms with van der Waals surface area (Å²) in [6.07, 6.45) is 0. The summed E-state index contributed by atoms with van der Waals surface area (Å²) in [5.41, 5.74) is 0. The quantitative estimate of drug-likeness (QED) is 0.711. The van der Waals surface area contributed by atoms with Crippen molar-refractivity contribution in [2.75, 3.05) is 27.4 Å². The van der Waals surface area contributed by atoms with E-state index in [0.717, 1.165) is 19.2 Å². The van der Waals surface area contributed by atoms with Gasteiger partial charge in [0.25, 0.3) is 0 Å². The number of aliphatic carboxylic acids is 1. The van der Waals surface area contributed by atoms with E-state index in [-0.39, 0.29) is 19.0 Å². The Kier molecular flexibility index (Phi) is 6.27. The number of benzene rings is 1. The molecule has 1 aromatic rings. The number of hydrogen-bond donors (Lipinski definition) is 1. The van der Waals surface area contributed by atoms with E-state index in [9.17, 15) is 17.6 Å². The number of carboxylic acid groups (broad SMARTS) is 1. The second-order valence-electron chi connectivity index (χ2n) is 4.47. The largest absolute Gasteiger partial charge is 0.490 e. The van der Waals surface area contributed by atoms with Crippen LogP contribution in [0.25, 0.3) is 0 Å². The van der Waals surface area contributed by atoms with E-state index in [2.05, 4.69) is 0 Å². The van der Waals surface area contributed by atoms with Crippen LogP contribution in [0, 0.1) is 5.82 Å². The molecule has 1 aromatic carbocycles. The van der Waals surface area contributed by atoms with Crippen molar-refractivity contribution in [3.63, 3.8) is 0 Å². The van der Waals surface area contributed by atoms with Gasteiger partial charge in [-0.2, -0.15) is 4.31 Å². The average Bonchev–Trinajstić information content (AvgIpc) is 2.47. The van der Waals surface area contributed by atoms with Crippen LogP contribution in [0.3, 0.4) is 0 Å². The van der Waals surface area contributed by atoms with Crippen molar-refractivity contribution in [2.24, 2.45) is 0 Å². The van der Waals surface area contributed by atoms with Crippen LogP contribution in [0.5, 0.6) is 5.75 Å². The molecule has 1 N–H and O–H groups in total. The molecule has 0 aliphatic carbocycles. The molecule has 0 aromatic heterocycles.